The minimum absolute atomic E-state index is 0.0185. The Kier molecular flexibility index (Phi) is 5.20. The largest absolute Gasteiger partial charge is 0.494 e. The highest BCUT2D eigenvalue weighted by Crippen LogP contribution is 2.17. The van der Waals surface area contributed by atoms with Crippen molar-refractivity contribution in [2.24, 2.45) is 5.14 Å². The Morgan fingerprint density at radius 2 is 1.48 bits per heavy atom. The van der Waals surface area contributed by atoms with E-state index in [4.69, 9.17) is 9.88 Å². The fraction of sp³-hybridized carbons (Fsp3) is 0.133. The number of rotatable bonds is 5. The van der Waals surface area contributed by atoms with Crippen molar-refractivity contribution in [3.8, 4) is 5.75 Å². The lowest BCUT2D eigenvalue weighted by Crippen LogP contribution is -2.19. The molecule has 0 bridgehead atoms. The second kappa shape index (κ2) is 7.12. The molecule has 23 heavy (non-hydrogen) atoms. The lowest BCUT2D eigenvalue weighted by atomic mass is 10.3. The summed E-state index contributed by atoms with van der Waals surface area (Å²) in [5.41, 5.74) is 1.05. The van der Waals surface area contributed by atoms with Gasteiger partial charge in [-0.25, -0.2) is 18.4 Å². The van der Waals surface area contributed by atoms with E-state index in [1.54, 1.807) is 24.3 Å². The van der Waals surface area contributed by atoms with Gasteiger partial charge in [-0.3, -0.25) is 0 Å². The Morgan fingerprint density at radius 1 is 1.00 bits per heavy atom. The van der Waals surface area contributed by atoms with E-state index in [0.29, 0.717) is 18.0 Å². The van der Waals surface area contributed by atoms with Crippen molar-refractivity contribution in [3.63, 3.8) is 0 Å². The van der Waals surface area contributed by atoms with Gasteiger partial charge in [0.25, 0.3) is 0 Å². The van der Waals surface area contributed by atoms with Crippen molar-refractivity contribution in [2.75, 3.05) is 17.2 Å². The Labute approximate surface area is 134 Å². The molecule has 2 aromatic rings. The number of benzene rings is 2. The molecule has 0 unspecified atom stereocenters. The zero-order chi connectivity index (χ0) is 16.9. The molecule has 8 heteroatoms. The van der Waals surface area contributed by atoms with Gasteiger partial charge >= 0.3 is 6.03 Å². The van der Waals surface area contributed by atoms with E-state index in [1.807, 2.05) is 6.92 Å². The normalized spacial score (nSPS) is 10.9. The second-order valence-corrected chi connectivity index (χ2v) is 6.17. The van der Waals surface area contributed by atoms with E-state index in [-0.39, 0.29) is 4.90 Å². The Morgan fingerprint density at radius 3 is 1.91 bits per heavy atom. The number of primary sulfonamides is 1. The van der Waals surface area contributed by atoms with Crippen LogP contribution < -0.4 is 20.5 Å². The summed E-state index contributed by atoms with van der Waals surface area (Å²) >= 11 is 0. The van der Waals surface area contributed by atoms with Gasteiger partial charge in [0.1, 0.15) is 5.75 Å². The Balaban J connectivity index is 1.96. The summed E-state index contributed by atoms with van der Waals surface area (Å²) in [4.78, 5) is 11.9. The Hall–Kier alpha value is -2.58. The molecular weight excluding hydrogens is 318 g/mol. The first-order chi connectivity index (χ1) is 10.9. The van der Waals surface area contributed by atoms with Crippen molar-refractivity contribution in [1.82, 2.24) is 0 Å². The lowest BCUT2D eigenvalue weighted by Gasteiger charge is -2.09. The minimum Gasteiger partial charge on any atom is -0.494 e. The molecule has 2 rings (SSSR count). The molecule has 0 fully saturated rings. The van der Waals surface area contributed by atoms with Gasteiger partial charge < -0.3 is 15.4 Å². The monoisotopic (exact) mass is 335 g/mol. The lowest BCUT2D eigenvalue weighted by molar-refractivity contribution is 0.262. The summed E-state index contributed by atoms with van der Waals surface area (Å²) in [5.74, 6) is 0.719. The highest BCUT2D eigenvalue weighted by molar-refractivity contribution is 7.89. The highest BCUT2D eigenvalue weighted by atomic mass is 32.2. The molecule has 0 aliphatic rings. The standard InChI is InChI=1S/C15H17N3O4S/c1-2-22-13-7-3-11(4-8-13)17-15(19)18-12-5-9-14(10-6-12)23(16,20)21/h3-10H,2H2,1H3,(H2,16,20,21)(H2,17,18,19). The maximum Gasteiger partial charge on any atom is 0.323 e. The minimum atomic E-state index is -3.75. The molecule has 4 N–H and O–H groups in total. The number of hydrogen-bond acceptors (Lipinski definition) is 4. The third kappa shape index (κ3) is 4.97. The van der Waals surface area contributed by atoms with Crippen molar-refractivity contribution in [2.45, 2.75) is 11.8 Å². The maximum atomic E-state index is 11.9. The molecular formula is C15H17N3O4S. The van der Waals surface area contributed by atoms with Crippen LogP contribution in [-0.4, -0.2) is 21.1 Å². The number of ether oxygens (including phenoxy) is 1. The average Bonchev–Trinajstić information content (AvgIpc) is 2.49. The van der Waals surface area contributed by atoms with Crippen LogP contribution in [0.4, 0.5) is 16.2 Å². The van der Waals surface area contributed by atoms with E-state index in [2.05, 4.69) is 10.6 Å². The quantitative estimate of drug-likeness (QED) is 0.779. The molecule has 2 aromatic carbocycles. The third-order valence-corrected chi connectivity index (χ3v) is 3.79. The molecule has 122 valence electrons. The molecule has 2 amide bonds. The summed E-state index contributed by atoms with van der Waals surface area (Å²) in [5, 5.41) is 10.3. The highest BCUT2D eigenvalue weighted by Gasteiger charge is 2.08. The first kappa shape index (κ1) is 16.8. The zero-order valence-corrected chi connectivity index (χ0v) is 13.3. The van der Waals surface area contributed by atoms with Crippen LogP contribution >= 0.6 is 0 Å². The fourth-order valence-electron chi connectivity index (χ4n) is 1.82. The summed E-state index contributed by atoms with van der Waals surface area (Å²) in [7, 11) is -3.75. The molecule has 0 aromatic heterocycles. The summed E-state index contributed by atoms with van der Waals surface area (Å²) in [6.45, 7) is 2.46. The molecule has 7 nitrogen and oxygen atoms in total. The summed E-state index contributed by atoms with van der Waals surface area (Å²) in [6, 6.07) is 12.0. The first-order valence-electron chi connectivity index (χ1n) is 6.82. The van der Waals surface area contributed by atoms with Gasteiger partial charge in [0, 0.05) is 11.4 Å². The zero-order valence-electron chi connectivity index (χ0n) is 12.4. The van der Waals surface area contributed by atoms with Crippen molar-refractivity contribution in [1.29, 1.82) is 0 Å². The van der Waals surface area contributed by atoms with Gasteiger partial charge in [0.2, 0.25) is 10.0 Å². The van der Waals surface area contributed by atoms with Crippen LogP contribution in [0.1, 0.15) is 6.92 Å². The van der Waals surface area contributed by atoms with Crippen LogP contribution in [0.2, 0.25) is 0 Å². The number of sulfonamides is 1. The van der Waals surface area contributed by atoms with Gasteiger partial charge in [0.15, 0.2) is 0 Å². The van der Waals surface area contributed by atoms with Crippen LogP contribution in [-0.2, 0) is 10.0 Å². The fourth-order valence-corrected chi connectivity index (χ4v) is 2.34. The SMILES string of the molecule is CCOc1ccc(NC(=O)Nc2ccc(S(N)(=O)=O)cc2)cc1. The third-order valence-electron chi connectivity index (χ3n) is 2.86. The topological polar surface area (TPSA) is 111 Å². The van der Waals surface area contributed by atoms with E-state index >= 15 is 0 Å². The van der Waals surface area contributed by atoms with Gasteiger partial charge in [-0.15, -0.1) is 0 Å². The first-order valence-corrected chi connectivity index (χ1v) is 8.37. The molecule has 0 heterocycles. The van der Waals surface area contributed by atoms with E-state index in [0.717, 1.165) is 5.75 Å². The van der Waals surface area contributed by atoms with Crippen molar-refractivity contribution < 1.29 is 17.9 Å². The van der Waals surface area contributed by atoms with Gasteiger partial charge in [-0.2, -0.15) is 0 Å². The summed E-state index contributed by atoms with van der Waals surface area (Å²) in [6.07, 6.45) is 0. The van der Waals surface area contributed by atoms with E-state index in [1.165, 1.54) is 24.3 Å². The van der Waals surface area contributed by atoms with Gasteiger partial charge in [0.05, 0.1) is 11.5 Å². The molecule has 0 spiro atoms. The van der Waals surface area contributed by atoms with Crippen LogP contribution in [0.15, 0.2) is 53.4 Å². The number of urea groups is 1. The second-order valence-electron chi connectivity index (χ2n) is 4.61. The molecule has 0 saturated heterocycles. The van der Waals surface area contributed by atoms with Crippen LogP contribution in [0.25, 0.3) is 0 Å². The van der Waals surface area contributed by atoms with Gasteiger partial charge in [-0.1, -0.05) is 0 Å². The van der Waals surface area contributed by atoms with Crippen molar-refractivity contribution in [3.05, 3.63) is 48.5 Å². The number of carbonyl (C=O) groups excluding carboxylic acids is 1. The van der Waals surface area contributed by atoms with Crippen LogP contribution in [0.3, 0.4) is 0 Å². The molecule has 0 atom stereocenters. The van der Waals surface area contributed by atoms with E-state index < -0.39 is 16.1 Å². The predicted octanol–water partition coefficient (Wildman–Crippen LogP) is 2.38. The number of carbonyl (C=O) groups is 1. The molecule has 0 aliphatic carbocycles. The molecule has 0 aliphatic heterocycles. The van der Waals surface area contributed by atoms with Crippen LogP contribution in [0, 0.1) is 0 Å². The number of nitrogens with one attached hydrogen (secondary N) is 2. The predicted molar refractivity (Wildman–Crippen MR) is 88.1 cm³/mol. The Bertz CT molecular complexity index is 771. The number of hydrogen-bond donors (Lipinski definition) is 3. The maximum absolute atomic E-state index is 11.9. The van der Waals surface area contributed by atoms with Crippen LogP contribution in [0.5, 0.6) is 5.75 Å². The summed E-state index contributed by atoms with van der Waals surface area (Å²) < 4.78 is 27.6. The smallest absolute Gasteiger partial charge is 0.323 e. The van der Waals surface area contributed by atoms with Gasteiger partial charge in [-0.05, 0) is 55.5 Å². The number of amides is 2. The molecule has 0 radical (unpaired) electrons. The van der Waals surface area contributed by atoms with E-state index in [9.17, 15) is 13.2 Å². The molecule has 0 saturated carbocycles. The number of anilines is 2. The number of nitrogens with two attached hydrogens (primary N) is 1. The average molecular weight is 335 g/mol. The van der Waals surface area contributed by atoms with Crippen molar-refractivity contribution >= 4 is 27.4 Å².